The van der Waals surface area contributed by atoms with E-state index >= 15 is 0 Å². The van der Waals surface area contributed by atoms with Crippen LogP contribution >= 0.6 is 0 Å². The number of nitrogens with zero attached hydrogens (tertiary/aromatic N) is 1. The second-order valence-corrected chi connectivity index (χ2v) is 4.48. The summed E-state index contributed by atoms with van der Waals surface area (Å²) < 4.78 is 4.68. The SMILES string of the molecule is COC(=O)c1ccc(N2CC[NH+](C)CC2)cc1. The molecular formula is C13H19N2O2+. The van der Waals surface area contributed by atoms with Crippen molar-refractivity contribution in [3.8, 4) is 0 Å². The number of likely N-dealkylation sites (N-methyl/N-ethyl adjacent to an activating group) is 1. The van der Waals surface area contributed by atoms with E-state index in [0.717, 1.165) is 13.1 Å². The molecule has 0 saturated carbocycles. The van der Waals surface area contributed by atoms with E-state index in [1.807, 2.05) is 24.3 Å². The van der Waals surface area contributed by atoms with Gasteiger partial charge in [-0.3, -0.25) is 0 Å². The number of esters is 1. The van der Waals surface area contributed by atoms with Gasteiger partial charge in [-0.2, -0.15) is 0 Å². The van der Waals surface area contributed by atoms with Crippen molar-refractivity contribution in [1.82, 2.24) is 0 Å². The number of benzene rings is 1. The van der Waals surface area contributed by atoms with E-state index < -0.39 is 0 Å². The summed E-state index contributed by atoms with van der Waals surface area (Å²) in [6.07, 6.45) is 0. The average Bonchev–Trinajstić information content (AvgIpc) is 2.39. The molecule has 4 nitrogen and oxygen atoms in total. The van der Waals surface area contributed by atoms with Gasteiger partial charge in [-0.05, 0) is 24.3 Å². The van der Waals surface area contributed by atoms with E-state index in [-0.39, 0.29) is 5.97 Å². The lowest BCUT2D eigenvalue weighted by Gasteiger charge is -2.31. The van der Waals surface area contributed by atoms with Gasteiger partial charge in [-0.15, -0.1) is 0 Å². The van der Waals surface area contributed by atoms with Crippen molar-refractivity contribution in [2.45, 2.75) is 0 Å². The highest BCUT2D eigenvalue weighted by Crippen LogP contribution is 2.15. The minimum Gasteiger partial charge on any atom is -0.465 e. The fourth-order valence-corrected chi connectivity index (χ4v) is 2.07. The lowest BCUT2D eigenvalue weighted by molar-refractivity contribution is -0.880. The summed E-state index contributed by atoms with van der Waals surface area (Å²) >= 11 is 0. The number of quaternary nitrogens is 1. The Balaban J connectivity index is 2.05. The van der Waals surface area contributed by atoms with Crippen molar-refractivity contribution < 1.29 is 14.4 Å². The molecule has 0 atom stereocenters. The van der Waals surface area contributed by atoms with E-state index in [1.165, 1.54) is 25.9 Å². The highest BCUT2D eigenvalue weighted by molar-refractivity contribution is 5.89. The molecule has 0 spiro atoms. The molecule has 2 rings (SSSR count). The number of anilines is 1. The number of methoxy groups -OCH3 is 1. The van der Waals surface area contributed by atoms with Gasteiger partial charge < -0.3 is 14.5 Å². The van der Waals surface area contributed by atoms with Crippen molar-refractivity contribution in [2.24, 2.45) is 0 Å². The Morgan fingerprint density at radius 2 is 1.82 bits per heavy atom. The van der Waals surface area contributed by atoms with E-state index in [0.29, 0.717) is 5.56 Å². The molecule has 1 aliphatic rings. The maximum atomic E-state index is 11.3. The number of carbonyl (C=O) groups excluding carboxylic acids is 1. The van der Waals surface area contributed by atoms with Crippen LogP contribution in [0.2, 0.25) is 0 Å². The predicted octanol–water partition coefficient (Wildman–Crippen LogP) is -0.192. The molecule has 0 bridgehead atoms. The molecule has 4 heteroatoms. The van der Waals surface area contributed by atoms with Gasteiger partial charge in [0.15, 0.2) is 0 Å². The van der Waals surface area contributed by atoms with Gasteiger partial charge in [0.2, 0.25) is 0 Å². The van der Waals surface area contributed by atoms with Crippen LogP contribution in [0.1, 0.15) is 10.4 Å². The number of rotatable bonds is 2. The lowest BCUT2D eigenvalue weighted by Crippen LogP contribution is -3.12. The first kappa shape index (κ1) is 11.9. The fraction of sp³-hybridized carbons (Fsp3) is 0.462. The van der Waals surface area contributed by atoms with Crippen LogP contribution < -0.4 is 9.80 Å². The van der Waals surface area contributed by atoms with Gasteiger partial charge >= 0.3 is 5.97 Å². The van der Waals surface area contributed by atoms with E-state index in [9.17, 15) is 4.79 Å². The van der Waals surface area contributed by atoms with E-state index in [4.69, 9.17) is 0 Å². The molecule has 0 aliphatic carbocycles. The van der Waals surface area contributed by atoms with Crippen molar-refractivity contribution >= 4 is 11.7 Å². The van der Waals surface area contributed by atoms with E-state index in [1.54, 1.807) is 4.90 Å². The molecular weight excluding hydrogens is 216 g/mol. The molecule has 1 heterocycles. The van der Waals surface area contributed by atoms with Gasteiger partial charge in [0.1, 0.15) is 0 Å². The van der Waals surface area contributed by atoms with Crippen LogP contribution in [0.3, 0.4) is 0 Å². The Bertz CT molecular complexity index is 381. The van der Waals surface area contributed by atoms with Crippen LogP contribution in [0.25, 0.3) is 0 Å². The summed E-state index contributed by atoms with van der Waals surface area (Å²) in [5.41, 5.74) is 1.79. The van der Waals surface area contributed by atoms with Gasteiger partial charge in [-0.1, -0.05) is 0 Å². The van der Waals surface area contributed by atoms with Gasteiger partial charge in [0.05, 0.1) is 45.9 Å². The molecule has 0 amide bonds. The normalized spacial score (nSPS) is 16.9. The van der Waals surface area contributed by atoms with Gasteiger partial charge in [0, 0.05) is 5.69 Å². The Labute approximate surface area is 102 Å². The van der Waals surface area contributed by atoms with Gasteiger partial charge in [0.25, 0.3) is 0 Å². The molecule has 0 aromatic heterocycles. The Hall–Kier alpha value is -1.55. The van der Waals surface area contributed by atoms with Crippen LogP contribution in [-0.2, 0) is 4.74 Å². The first-order valence-electron chi connectivity index (χ1n) is 5.95. The number of nitrogens with one attached hydrogen (secondary N) is 1. The second-order valence-electron chi connectivity index (χ2n) is 4.48. The molecule has 1 fully saturated rings. The smallest absolute Gasteiger partial charge is 0.337 e. The third-order valence-corrected chi connectivity index (χ3v) is 3.27. The maximum Gasteiger partial charge on any atom is 0.337 e. The molecule has 1 aromatic rings. The number of ether oxygens (including phenoxy) is 1. The van der Waals surface area contributed by atoms with Crippen molar-refractivity contribution in [3.05, 3.63) is 29.8 Å². The summed E-state index contributed by atoms with van der Waals surface area (Å²) in [4.78, 5) is 15.2. The highest BCUT2D eigenvalue weighted by atomic mass is 16.5. The highest BCUT2D eigenvalue weighted by Gasteiger charge is 2.17. The predicted molar refractivity (Wildman–Crippen MR) is 66.6 cm³/mol. The largest absolute Gasteiger partial charge is 0.465 e. The topological polar surface area (TPSA) is 34.0 Å². The third kappa shape index (κ3) is 2.77. The quantitative estimate of drug-likeness (QED) is 0.721. The number of piperazine rings is 1. The molecule has 1 N–H and O–H groups in total. The zero-order valence-corrected chi connectivity index (χ0v) is 10.4. The van der Waals surface area contributed by atoms with Gasteiger partial charge in [-0.25, -0.2) is 4.79 Å². The average molecular weight is 235 g/mol. The summed E-state index contributed by atoms with van der Waals surface area (Å²) in [6, 6.07) is 7.64. The summed E-state index contributed by atoms with van der Waals surface area (Å²) in [5, 5.41) is 0. The summed E-state index contributed by atoms with van der Waals surface area (Å²) in [6.45, 7) is 4.48. The Kier molecular flexibility index (Phi) is 3.64. The minimum atomic E-state index is -0.278. The summed E-state index contributed by atoms with van der Waals surface area (Å²) in [7, 11) is 3.62. The molecule has 0 unspecified atom stereocenters. The summed E-state index contributed by atoms with van der Waals surface area (Å²) in [5.74, 6) is -0.278. The first-order valence-corrected chi connectivity index (χ1v) is 5.95. The standard InChI is InChI=1S/C13H18N2O2/c1-14-7-9-15(10-8-14)12-5-3-11(4-6-12)13(16)17-2/h3-6H,7-10H2,1-2H3/p+1. The van der Waals surface area contributed by atoms with Crippen molar-refractivity contribution in [2.75, 3.05) is 45.2 Å². The second kappa shape index (κ2) is 5.19. The zero-order chi connectivity index (χ0) is 12.3. The number of carbonyl (C=O) groups is 1. The van der Waals surface area contributed by atoms with Crippen LogP contribution in [0.15, 0.2) is 24.3 Å². The maximum absolute atomic E-state index is 11.3. The first-order chi connectivity index (χ1) is 8.20. The van der Waals surface area contributed by atoms with Crippen LogP contribution in [0, 0.1) is 0 Å². The van der Waals surface area contributed by atoms with Crippen LogP contribution in [0.5, 0.6) is 0 Å². The Morgan fingerprint density at radius 1 is 1.24 bits per heavy atom. The minimum absolute atomic E-state index is 0.278. The Morgan fingerprint density at radius 3 is 2.35 bits per heavy atom. The van der Waals surface area contributed by atoms with Crippen molar-refractivity contribution in [3.63, 3.8) is 0 Å². The molecule has 17 heavy (non-hydrogen) atoms. The molecule has 0 radical (unpaired) electrons. The zero-order valence-electron chi connectivity index (χ0n) is 10.4. The van der Waals surface area contributed by atoms with Crippen LogP contribution in [0.4, 0.5) is 5.69 Å². The molecule has 1 saturated heterocycles. The molecule has 1 aromatic carbocycles. The van der Waals surface area contributed by atoms with Crippen LogP contribution in [-0.4, -0.2) is 46.3 Å². The monoisotopic (exact) mass is 235 g/mol. The van der Waals surface area contributed by atoms with Crippen molar-refractivity contribution in [1.29, 1.82) is 0 Å². The molecule has 1 aliphatic heterocycles. The fourth-order valence-electron chi connectivity index (χ4n) is 2.07. The number of hydrogen-bond acceptors (Lipinski definition) is 3. The lowest BCUT2D eigenvalue weighted by atomic mass is 10.2. The number of hydrogen-bond donors (Lipinski definition) is 1. The molecule has 92 valence electrons. The third-order valence-electron chi connectivity index (χ3n) is 3.27. The van der Waals surface area contributed by atoms with E-state index in [2.05, 4.69) is 16.7 Å².